The third-order valence-electron chi connectivity index (χ3n) is 7.33. The van der Waals surface area contributed by atoms with Crippen molar-refractivity contribution in [1.82, 2.24) is 0 Å². The van der Waals surface area contributed by atoms with Gasteiger partial charge < -0.3 is 19.8 Å². The predicted octanol–water partition coefficient (Wildman–Crippen LogP) is 7.36. The van der Waals surface area contributed by atoms with Crippen LogP contribution in [0.1, 0.15) is 169 Å². The van der Waals surface area contributed by atoms with E-state index in [1.807, 2.05) is 0 Å². The highest BCUT2D eigenvalue weighted by Crippen LogP contribution is 2.42. The fraction of sp³-hybridized carbons (Fsp3) is 0.933. The second kappa shape index (κ2) is 21.4. The van der Waals surface area contributed by atoms with Crippen LogP contribution in [0.4, 0.5) is 0 Å². The molecule has 2 unspecified atom stereocenters. The SMILES string of the molecule is CCCCCCCCCCCCC(C)(SC(C)(CCCCCCCCCCCC)C(=O)[O-])C(=O)[O-]. The van der Waals surface area contributed by atoms with Crippen molar-refractivity contribution in [3.8, 4) is 0 Å². The van der Waals surface area contributed by atoms with Crippen molar-refractivity contribution in [2.75, 3.05) is 0 Å². The van der Waals surface area contributed by atoms with Crippen LogP contribution in [0.2, 0.25) is 0 Å². The van der Waals surface area contributed by atoms with Gasteiger partial charge in [-0.15, -0.1) is 11.8 Å². The molecule has 0 saturated heterocycles. The Bertz CT molecular complexity index is 492. The molecule has 0 heterocycles. The Labute approximate surface area is 221 Å². The molecule has 0 radical (unpaired) electrons. The fourth-order valence-corrected chi connectivity index (χ4v) is 6.44. The molecule has 0 aliphatic carbocycles. The molecular formula is C30H56O4S-2. The van der Waals surface area contributed by atoms with E-state index in [0.717, 1.165) is 50.3 Å². The number of carbonyl (C=O) groups excluding carboxylic acids is 2. The van der Waals surface area contributed by atoms with Gasteiger partial charge in [0.25, 0.3) is 0 Å². The molecule has 0 amide bonds. The van der Waals surface area contributed by atoms with Crippen molar-refractivity contribution in [1.29, 1.82) is 0 Å². The van der Waals surface area contributed by atoms with Crippen molar-refractivity contribution in [3.05, 3.63) is 0 Å². The van der Waals surface area contributed by atoms with Gasteiger partial charge in [-0.1, -0.05) is 142 Å². The maximum atomic E-state index is 12.0. The molecule has 0 aromatic rings. The molecular weight excluding hydrogens is 456 g/mol. The molecule has 0 fully saturated rings. The normalized spacial score (nSPS) is 15.0. The Morgan fingerprint density at radius 2 is 0.714 bits per heavy atom. The number of rotatable bonds is 26. The number of hydrogen-bond donors (Lipinski definition) is 0. The van der Waals surface area contributed by atoms with Crippen LogP contribution in [0, 0.1) is 0 Å². The summed E-state index contributed by atoms with van der Waals surface area (Å²) in [4.78, 5) is 24.0. The van der Waals surface area contributed by atoms with Crippen molar-refractivity contribution in [2.24, 2.45) is 0 Å². The van der Waals surface area contributed by atoms with Crippen LogP contribution < -0.4 is 10.2 Å². The van der Waals surface area contributed by atoms with Crippen molar-refractivity contribution < 1.29 is 19.8 Å². The van der Waals surface area contributed by atoms with Crippen LogP contribution in [0.5, 0.6) is 0 Å². The molecule has 35 heavy (non-hydrogen) atoms. The van der Waals surface area contributed by atoms with Gasteiger partial charge in [-0.2, -0.15) is 0 Å². The lowest BCUT2D eigenvalue weighted by Crippen LogP contribution is -2.51. The summed E-state index contributed by atoms with van der Waals surface area (Å²) in [5.74, 6) is -2.32. The first-order chi connectivity index (χ1) is 16.7. The zero-order valence-electron chi connectivity index (χ0n) is 23.6. The van der Waals surface area contributed by atoms with Crippen LogP contribution in [0.3, 0.4) is 0 Å². The summed E-state index contributed by atoms with van der Waals surface area (Å²) in [7, 11) is 0. The van der Waals surface area contributed by atoms with E-state index < -0.39 is 21.4 Å². The first-order valence-corrected chi connectivity index (χ1v) is 15.7. The van der Waals surface area contributed by atoms with Crippen LogP contribution >= 0.6 is 11.8 Å². The van der Waals surface area contributed by atoms with Crippen LogP contribution in [0.15, 0.2) is 0 Å². The molecule has 0 bridgehead atoms. The molecule has 0 N–H and O–H groups in total. The van der Waals surface area contributed by atoms with Gasteiger partial charge in [-0.3, -0.25) is 0 Å². The molecule has 208 valence electrons. The average Bonchev–Trinajstić information content (AvgIpc) is 2.81. The molecule has 0 aliphatic rings. The predicted molar refractivity (Wildman–Crippen MR) is 147 cm³/mol. The van der Waals surface area contributed by atoms with E-state index in [-0.39, 0.29) is 0 Å². The van der Waals surface area contributed by atoms with Gasteiger partial charge in [-0.25, -0.2) is 0 Å². The van der Waals surface area contributed by atoms with Gasteiger partial charge >= 0.3 is 0 Å². The highest BCUT2D eigenvalue weighted by Gasteiger charge is 2.37. The summed E-state index contributed by atoms with van der Waals surface area (Å²) >= 11 is 1.05. The summed E-state index contributed by atoms with van der Waals surface area (Å²) < 4.78 is -2.40. The molecule has 0 aromatic carbocycles. The van der Waals surface area contributed by atoms with E-state index in [0.29, 0.717) is 12.8 Å². The van der Waals surface area contributed by atoms with Crippen molar-refractivity contribution in [3.63, 3.8) is 0 Å². The van der Waals surface area contributed by atoms with Gasteiger partial charge in [0.1, 0.15) is 0 Å². The summed E-state index contributed by atoms with van der Waals surface area (Å²) in [6.07, 6.45) is 24.6. The molecule has 0 rings (SSSR count). The highest BCUT2D eigenvalue weighted by molar-refractivity contribution is 8.03. The second-order valence-corrected chi connectivity index (χ2v) is 13.0. The number of carboxylic acid groups (broad SMARTS) is 2. The summed E-state index contributed by atoms with van der Waals surface area (Å²) in [6, 6.07) is 0. The molecule has 0 aliphatic heterocycles. The number of carbonyl (C=O) groups is 2. The topological polar surface area (TPSA) is 80.3 Å². The minimum atomic E-state index is -1.20. The molecule has 4 nitrogen and oxygen atoms in total. The molecule has 0 spiro atoms. The third kappa shape index (κ3) is 17.4. The van der Waals surface area contributed by atoms with Gasteiger partial charge in [0, 0.05) is 0 Å². The van der Waals surface area contributed by atoms with Gasteiger partial charge in [0.2, 0.25) is 0 Å². The largest absolute Gasteiger partial charge is 0.549 e. The number of aliphatic carboxylic acids is 2. The number of thioether (sulfide) groups is 1. The lowest BCUT2D eigenvalue weighted by atomic mass is 9.99. The standard InChI is InChI=1S/C30H58O4S/c1-5-7-9-11-13-15-17-19-21-23-25-29(3,27(31)32)35-30(4,28(33)34)26-24-22-20-18-16-14-12-10-8-6-2/h5-26H2,1-4H3,(H,31,32)(H,33,34)/p-2. The maximum absolute atomic E-state index is 12.0. The van der Waals surface area contributed by atoms with Crippen LogP contribution in [0.25, 0.3) is 0 Å². The Kier molecular flexibility index (Phi) is 20.9. The Balaban J connectivity index is 4.32. The van der Waals surface area contributed by atoms with Gasteiger partial charge in [-0.05, 0) is 26.7 Å². The second-order valence-electron chi connectivity index (χ2n) is 11.0. The monoisotopic (exact) mass is 512 g/mol. The maximum Gasteiger partial charge on any atom is 0.0573 e. The van der Waals surface area contributed by atoms with E-state index in [1.165, 1.54) is 89.9 Å². The van der Waals surface area contributed by atoms with Crippen LogP contribution in [-0.4, -0.2) is 21.4 Å². The lowest BCUT2D eigenvalue weighted by Gasteiger charge is -2.40. The zero-order chi connectivity index (χ0) is 26.4. The van der Waals surface area contributed by atoms with E-state index >= 15 is 0 Å². The number of unbranched alkanes of at least 4 members (excludes halogenated alkanes) is 18. The zero-order valence-corrected chi connectivity index (χ0v) is 24.4. The fourth-order valence-electron chi connectivity index (χ4n) is 4.79. The quantitative estimate of drug-likeness (QED) is 0.113. The highest BCUT2D eigenvalue weighted by atomic mass is 32.2. The third-order valence-corrected chi connectivity index (χ3v) is 8.97. The van der Waals surface area contributed by atoms with Gasteiger partial charge in [0.15, 0.2) is 0 Å². The van der Waals surface area contributed by atoms with E-state index in [2.05, 4.69) is 13.8 Å². The van der Waals surface area contributed by atoms with E-state index in [4.69, 9.17) is 0 Å². The summed E-state index contributed by atoms with van der Waals surface area (Å²) in [5.41, 5.74) is 0. The van der Waals surface area contributed by atoms with Crippen molar-refractivity contribution >= 4 is 23.7 Å². The first kappa shape index (κ1) is 34.3. The Hall–Kier alpha value is -0.710. The number of carboxylic acids is 2. The molecule has 0 saturated carbocycles. The first-order valence-electron chi connectivity index (χ1n) is 14.8. The van der Waals surface area contributed by atoms with E-state index in [1.54, 1.807) is 13.8 Å². The smallest absolute Gasteiger partial charge is 0.0573 e. The molecule has 2 atom stereocenters. The minimum Gasteiger partial charge on any atom is -0.549 e. The summed E-state index contributed by atoms with van der Waals surface area (Å²) in [6.45, 7) is 7.74. The Morgan fingerprint density at radius 1 is 0.486 bits per heavy atom. The minimum absolute atomic E-state index is 0.442. The Morgan fingerprint density at radius 3 is 0.943 bits per heavy atom. The van der Waals surface area contributed by atoms with Gasteiger partial charge in [0.05, 0.1) is 21.4 Å². The molecule has 5 heteroatoms. The molecule has 0 aromatic heterocycles. The van der Waals surface area contributed by atoms with Crippen molar-refractivity contribution in [2.45, 2.75) is 178 Å². The average molecular weight is 513 g/mol. The lowest BCUT2D eigenvalue weighted by molar-refractivity contribution is -0.309. The van der Waals surface area contributed by atoms with Crippen LogP contribution in [-0.2, 0) is 9.59 Å². The number of hydrogen-bond acceptors (Lipinski definition) is 5. The summed E-state index contributed by atoms with van der Waals surface area (Å²) in [5, 5.41) is 24.0. The van der Waals surface area contributed by atoms with E-state index in [9.17, 15) is 19.8 Å².